The van der Waals surface area contributed by atoms with E-state index in [1.54, 1.807) is 0 Å². The lowest BCUT2D eigenvalue weighted by molar-refractivity contribution is 0.104. The zero-order chi connectivity index (χ0) is 10.4. The van der Waals surface area contributed by atoms with Gasteiger partial charge in [-0.2, -0.15) is 0 Å². The summed E-state index contributed by atoms with van der Waals surface area (Å²) in [5.74, 6) is 0.157. The van der Waals surface area contributed by atoms with Crippen LogP contribution in [-0.4, -0.2) is 5.78 Å². The smallest absolute Gasteiger partial charge is 0.194 e. The third-order valence-electron chi connectivity index (χ3n) is 2.96. The highest BCUT2D eigenvalue weighted by Gasteiger charge is 2.26. The van der Waals surface area contributed by atoms with Gasteiger partial charge in [0.2, 0.25) is 0 Å². The van der Waals surface area contributed by atoms with E-state index in [0.717, 1.165) is 22.3 Å². The number of carbonyl (C=O) groups is 1. The maximum absolute atomic E-state index is 12.0. The first-order chi connectivity index (χ1) is 7.29. The Balaban J connectivity index is 2.45. The van der Waals surface area contributed by atoms with Crippen molar-refractivity contribution in [3.05, 3.63) is 59.2 Å². The molecule has 15 heavy (non-hydrogen) atoms. The number of hydrogen-bond acceptors (Lipinski definition) is 1. The minimum atomic E-state index is 0.157. The average Bonchev–Trinajstić information content (AvgIpc) is 2.55. The fourth-order valence-electron chi connectivity index (χ4n) is 2.26. The Kier molecular flexibility index (Phi) is 1.57. The van der Waals surface area contributed by atoms with Gasteiger partial charge < -0.3 is 0 Å². The van der Waals surface area contributed by atoms with Crippen LogP contribution < -0.4 is 0 Å². The molecule has 0 radical (unpaired) electrons. The number of carbonyl (C=O) groups excluding carboxylic acids is 1. The molecule has 72 valence electrons. The van der Waals surface area contributed by atoms with E-state index in [9.17, 15) is 4.79 Å². The van der Waals surface area contributed by atoms with Crippen LogP contribution in [-0.2, 0) is 0 Å². The van der Waals surface area contributed by atoms with Crippen molar-refractivity contribution in [1.29, 1.82) is 0 Å². The molecular formula is C14H10O. The van der Waals surface area contributed by atoms with Gasteiger partial charge in [-0.15, -0.1) is 0 Å². The van der Waals surface area contributed by atoms with Gasteiger partial charge in [-0.1, -0.05) is 42.5 Å². The van der Waals surface area contributed by atoms with Crippen molar-refractivity contribution in [2.45, 2.75) is 6.92 Å². The molecule has 2 aromatic carbocycles. The standard InChI is InChI=1S/C14H10O/c1-9-5-4-8-12-13(9)10-6-2-3-7-11(10)14(12)15/h2-8H,1H3. The Morgan fingerprint density at radius 3 is 2.27 bits per heavy atom. The van der Waals surface area contributed by atoms with E-state index in [-0.39, 0.29) is 5.78 Å². The first kappa shape index (κ1) is 8.42. The Morgan fingerprint density at radius 2 is 1.47 bits per heavy atom. The summed E-state index contributed by atoms with van der Waals surface area (Å²) < 4.78 is 0. The second-order valence-corrected chi connectivity index (χ2v) is 3.87. The molecule has 0 saturated carbocycles. The number of aryl methyl sites for hydroxylation is 1. The number of benzene rings is 2. The molecule has 0 heterocycles. The van der Waals surface area contributed by atoms with Crippen LogP contribution >= 0.6 is 0 Å². The lowest BCUT2D eigenvalue weighted by Gasteiger charge is -2.02. The number of fused-ring (bicyclic) bond motifs is 3. The molecular weight excluding hydrogens is 184 g/mol. The zero-order valence-electron chi connectivity index (χ0n) is 8.45. The van der Waals surface area contributed by atoms with Gasteiger partial charge in [0.1, 0.15) is 0 Å². The van der Waals surface area contributed by atoms with E-state index in [1.165, 1.54) is 5.56 Å². The maximum Gasteiger partial charge on any atom is 0.194 e. The molecule has 2 aromatic rings. The maximum atomic E-state index is 12.0. The van der Waals surface area contributed by atoms with Crippen molar-refractivity contribution in [1.82, 2.24) is 0 Å². The molecule has 3 rings (SSSR count). The van der Waals surface area contributed by atoms with Gasteiger partial charge in [-0.3, -0.25) is 4.79 Å². The topological polar surface area (TPSA) is 17.1 Å². The van der Waals surface area contributed by atoms with Crippen molar-refractivity contribution in [3.8, 4) is 11.1 Å². The third kappa shape index (κ3) is 1.00. The predicted molar refractivity (Wildman–Crippen MR) is 60.0 cm³/mol. The minimum Gasteiger partial charge on any atom is -0.289 e. The Hall–Kier alpha value is -1.89. The molecule has 0 unspecified atom stereocenters. The summed E-state index contributed by atoms with van der Waals surface area (Å²) in [4.78, 5) is 12.0. The highest BCUT2D eigenvalue weighted by Crippen LogP contribution is 2.38. The predicted octanol–water partition coefficient (Wildman–Crippen LogP) is 3.21. The summed E-state index contributed by atoms with van der Waals surface area (Å²) in [6.45, 7) is 2.05. The summed E-state index contributed by atoms with van der Waals surface area (Å²) >= 11 is 0. The quantitative estimate of drug-likeness (QED) is 0.537. The second-order valence-electron chi connectivity index (χ2n) is 3.87. The molecule has 0 N–H and O–H groups in total. The Morgan fingerprint density at radius 1 is 0.800 bits per heavy atom. The number of ketones is 1. The van der Waals surface area contributed by atoms with Crippen LogP contribution in [0.4, 0.5) is 0 Å². The van der Waals surface area contributed by atoms with Crippen LogP contribution in [0.2, 0.25) is 0 Å². The van der Waals surface area contributed by atoms with Gasteiger partial charge in [0.15, 0.2) is 5.78 Å². The van der Waals surface area contributed by atoms with Gasteiger partial charge >= 0.3 is 0 Å². The lowest BCUT2D eigenvalue weighted by atomic mass is 10.0. The van der Waals surface area contributed by atoms with E-state index in [4.69, 9.17) is 0 Å². The van der Waals surface area contributed by atoms with Gasteiger partial charge in [0.05, 0.1) is 0 Å². The first-order valence-electron chi connectivity index (χ1n) is 5.03. The summed E-state index contributed by atoms with van der Waals surface area (Å²) in [5.41, 5.74) is 5.04. The number of rotatable bonds is 0. The van der Waals surface area contributed by atoms with Crippen LogP contribution in [0.25, 0.3) is 11.1 Å². The highest BCUT2D eigenvalue weighted by molar-refractivity contribution is 6.22. The van der Waals surface area contributed by atoms with Gasteiger partial charge in [-0.05, 0) is 23.6 Å². The molecule has 1 heteroatoms. The van der Waals surface area contributed by atoms with E-state index in [1.807, 2.05) is 49.4 Å². The molecule has 0 bridgehead atoms. The van der Waals surface area contributed by atoms with Crippen molar-refractivity contribution >= 4 is 5.78 Å². The molecule has 0 spiro atoms. The van der Waals surface area contributed by atoms with Crippen LogP contribution in [0, 0.1) is 6.92 Å². The summed E-state index contributed by atoms with van der Waals surface area (Å²) in [5, 5.41) is 0. The van der Waals surface area contributed by atoms with Crippen molar-refractivity contribution < 1.29 is 4.79 Å². The van der Waals surface area contributed by atoms with Crippen molar-refractivity contribution in [3.63, 3.8) is 0 Å². The van der Waals surface area contributed by atoms with Gasteiger partial charge in [-0.25, -0.2) is 0 Å². The molecule has 0 saturated heterocycles. The van der Waals surface area contributed by atoms with E-state index >= 15 is 0 Å². The lowest BCUT2D eigenvalue weighted by Crippen LogP contribution is -1.94. The van der Waals surface area contributed by atoms with Gasteiger partial charge in [0, 0.05) is 11.1 Å². The van der Waals surface area contributed by atoms with Crippen LogP contribution in [0.5, 0.6) is 0 Å². The van der Waals surface area contributed by atoms with Gasteiger partial charge in [0.25, 0.3) is 0 Å². The molecule has 1 nitrogen and oxygen atoms in total. The summed E-state index contributed by atoms with van der Waals surface area (Å²) in [6, 6.07) is 13.7. The average molecular weight is 194 g/mol. The first-order valence-corrected chi connectivity index (χ1v) is 5.03. The highest BCUT2D eigenvalue weighted by atomic mass is 16.1. The second kappa shape index (κ2) is 2.80. The summed E-state index contributed by atoms with van der Waals surface area (Å²) in [6.07, 6.45) is 0. The van der Waals surface area contributed by atoms with E-state index < -0.39 is 0 Å². The molecule has 0 amide bonds. The number of hydrogen-bond donors (Lipinski definition) is 0. The largest absolute Gasteiger partial charge is 0.289 e. The van der Waals surface area contributed by atoms with Crippen molar-refractivity contribution in [2.24, 2.45) is 0 Å². The minimum absolute atomic E-state index is 0.157. The third-order valence-corrected chi connectivity index (χ3v) is 2.96. The monoisotopic (exact) mass is 194 g/mol. The van der Waals surface area contributed by atoms with E-state index in [2.05, 4.69) is 0 Å². The zero-order valence-corrected chi connectivity index (χ0v) is 8.45. The molecule has 0 fully saturated rings. The Labute approximate surface area is 88.4 Å². The van der Waals surface area contributed by atoms with Crippen LogP contribution in [0.15, 0.2) is 42.5 Å². The van der Waals surface area contributed by atoms with Crippen LogP contribution in [0.3, 0.4) is 0 Å². The van der Waals surface area contributed by atoms with E-state index in [0.29, 0.717) is 0 Å². The summed E-state index contributed by atoms with van der Waals surface area (Å²) in [7, 11) is 0. The normalized spacial score (nSPS) is 12.5. The molecule has 0 atom stereocenters. The van der Waals surface area contributed by atoms with Crippen molar-refractivity contribution in [2.75, 3.05) is 0 Å². The molecule has 1 aliphatic rings. The fraction of sp³-hybridized carbons (Fsp3) is 0.0714. The van der Waals surface area contributed by atoms with Crippen LogP contribution in [0.1, 0.15) is 21.5 Å². The molecule has 1 aliphatic carbocycles. The SMILES string of the molecule is Cc1cccc2c1-c1ccccc1C2=O. The fourth-order valence-corrected chi connectivity index (χ4v) is 2.26. The molecule has 0 aromatic heterocycles. The molecule has 0 aliphatic heterocycles. The Bertz CT molecular complexity index is 567.